The molecule has 0 saturated carbocycles. The number of morpholine rings is 1. The van der Waals surface area contributed by atoms with E-state index in [1.165, 1.54) is 0 Å². The molecule has 20 heavy (non-hydrogen) atoms. The van der Waals surface area contributed by atoms with Gasteiger partial charge in [-0.15, -0.1) is 0 Å². The zero-order chi connectivity index (χ0) is 14.7. The van der Waals surface area contributed by atoms with Gasteiger partial charge in [0.15, 0.2) is 0 Å². The number of carbonyl (C=O) groups is 1. The third-order valence-electron chi connectivity index (χ3n) is 3.29. The molecule has 2 atom stereocenters. The summed E-state index contributed by atoms with van der Waals surface area (Å²) in [4.78, 5) is 14.3. The Kier molecular flexibility index (Phi) is 4.77. The fourth-order valence-corrected chi connectivity index (χ4v) is 2.62. The number of aromatic nitrogens is 2. The lowest BCUT2D eigenvalue weighted by atomic mass is 10.2. The SMILES string of the molecule is CC(C)n1nccc1NC(=O)CN1C[C@H](C)O[C@@H](C)C1. The summed E-state index contributed by atoms with van der Waals surface area (Å²) in [7, 11) is 0. The Balaban J connectivity index is 1.90. The summed E-state index contributed by atoms with van der Waals surface area (Å²) in [6.07, 6.45) is 2.05. The molecule has 0 aliphatic carbocycles. The van der Waals surface area contributed by atoms with E-state index in [0.29, 0.717) is 6.54 Å². The van der Waals surface area contributed by atoms with Crippen LogP contribution in [-0.2, 0) is 9.53 Å². The van der Waals surface area contributed by atoms with Gasteiger partial charge in [-0.3, -0.25) is 9.69 Å². The molecule has 1 aromatic heterocycles. The highest BCUT2D eigenvalue weighted by atomic mass is 16.5. The van der Waals surface area contributed by atoms with E-state index in [1.807, 2.05) is 38.4 Å². The zero-order valence-corrected chi connectivity index (χ0v) is 12.7. The van der Waals surface area contributed by atoms with Gasteiger partial charge in [-0.2, -0.15) is 5.10 Å². The van der Waals surface area contributed by atoms with Crippen LogP contribution in [0.2, 0.25) is 0 Å². The number of rotatable bonds is 4. The van der Waals surface area contributed by atoms with E-state index in [1.54, 1.807) is 6.20 Å². The van der Waals surface area contributed by atoms with Crippen molar-refractivity contribution >= 4 is 11.7 Å². The van der Waals surface area contributed by atoms with Gasteiger partial charge in [0.1, 0.15) is 5.82 Å². The lowest BCUT2D eigenvalue weighted by Gasteiger charge is -2.34. The average molecular weight is 280 g/mol. The van der Waals surface area contributed by atoms with Crippen molar-refractivity contribution in [2.45, 2.75) is 45.9 Å². The van der Waals surface area contributed by atoms with Crippen LogP contribution in [-0.4, -0.2) is 52.4 Å². The first-order chi connectivity index (χ1) is 9.45. The van der Waals surface area contributed by atoms with Gasteiger partial charge in [-0.25, -0.2) is 4.68 Å². The largest absolute Gasteiger partial charge is 0.373 e. The Hall–Kier alpha value is -1.40. The second kappa shape index (κ2) is 6.37. The Morgan fingerprint density at radius 1 is 1.45 bits per heavy atom. The van der Waals surface area contributed by atoms with Gasteiger partial charge < -0.3 is 10.1 Å². The van der Waals surface area contributed by atoms with Crippen LogP contribution in [0.3, 0.4) is 0 Å². The number of amides is 1. The highest BCUT2D eigenvalue weighted by Crippen LogP contribution is 2.14. The molecule has 0 unspecified atom stereocenters. The van der Waals surface area contributed by atoms with E-state index >= 15 is 0 Å². The summed E-state index contributed by atoms with van der Waals surface area (Å²) >= 11 is 0. The Morgan fingerprint density at radius 2 is 2.10 bits per heavy atom. The van der Waals surface area contributed by atoms with Gasteiger partial charge in [0.25, 0.3) is 0 Å². The molecule has 1 N–H and O–H groups in total. The number of hydrogen-bond donors (Lipinski definition) is 1. The van der Waals surface area contributed by atoms with E-state index in [2.05, 4.69) is 15.3 Å². The summed E-state index contributed by atoms with van der Waals surface area (Å²) in [6.45, 7) is 10.1. The van der Waals surface area contributed by atoms with Crippen molar-refractivity contribution in [3.63, 3.8) is 0 Å². The molecule has 1 amide bonds. The molecule has 1 aliphatic rings. The van der Waals surface area contributed by atoms with Crippen molar-refractivity contribution in [1.29, 1.82) is 0 Å². The number of hydrogen-bond acceptors (Lipinski definition) is 4. The van der Waals surface area contributed by atoms with E-state index in [4.69, 9.17) is 4.74 Å². The quantitative estimate of drug-likeness (QED) is 0.908. The molecule has 0 radical (unpaired) electrons. The topological polar surface area (TPSA) is 59.4 Å². The summed E-state index contributed by atoms with van der Waals surface area (Å²) < 4.78 is 7.47. The first-order valence-electron chi connectivity index (χ1n) is 7.17. The Bertz CT molecular complexity index is 448. The van der Waals surface area contributed by atoms with E-state index < -0.39 is 0 Å². The van der Waals surface area contributed by atoms with Crippen LogP contribution in [0.1, 0.15) is 33.7 Å². The number of anilines is 1. The van der Waals surface area contributed by atoms with Crippen LogP contribution in [0.5, 0.6) is 0 Å². The fourth-order valence-electron chi connectivity index (χ4n) is 2.62. The van der Waals surface area contributed by atoms with Crippen molar-refractivity contribution in [3.8, 4) is 0 Å². The maximum atomic E-state index is 12.1. The summed E-state index contributed by atoms with van der Waals surface area (Å²) in [5.74, 6) is 0.744. The summed E-state index contributed by atoms with van der Waals surface area (Å²) in [5.41, 5.74) is 0. The predicted molar refractivity (Wildman–Crippen MR) is 77.7 cm³/mol. The molecule has 6 nitrogen and oxygen atoms in total. The Morgan fingerprint density at radius 3 is 2.70 bits per heavy atom. The lowest BCUT2D eigenvalue weighted by molar-refractivity contribution is -0.121. The number of nitrogens with zero attached hydrogens (tertiary/aromatic N) is 3. The molecule has 112 valence electrons. The molecule has 6 heteroatoms. The maximum absolute atomic E-state index is 12.1. The van der Waals surface area contributed by atoms with Crippen LogP contribution in [0.15, 0.2) is 12.3 Å². The molecule has 0 aromatic carbocycles. The van der Waals surface area contributed by atoms with E-state index in [9.17, 15) is 4.79 Å². The Labute approximate surface area is 120 Å². The average Bonchev–Trinajstić information content (AvgIpc) is 2.75. The molecule has 1 fully saturated rings. The second-order valence-corrected chi connectivity index (χ2v) is 5.75. The van der Waals surface area contributed by atoms with Crippen molar-refractivity contribution in [3.05, 3.63) is 12.3 Å². The minimum Gasteiger partial charge on any atom is -0.373 e. The number of nitrogens with one attached hydrogen (secondary N) is 1. The molecule has 2 rings (SSSR count). The van der Waals surface area contributed by atoms with Crippen molar-refractivity contribution in [1.82, 2.24) is 14.7 Å². The van der Waals surface area contributed by atoms with Gasteiger partial charge in [-0.05, 0) is 27.7 Å². The van der Waals surface area contributed by atoms with Crippen LogP contribution < -0.4 is 5.32 Å². The van der Waals surface area contributed by atoms with E-state index in [0.717, 1.165) is 18.9 Å². The second-order valence-electron chi connectivity index (χ2n) is 5.75. The van der Waals surface area contributed by atoms with Gasteiger partial charge in [0.05, 0.1) is 24.9 Å². The molecular weight excluding hydrogens is 256 g/mol. The van der Waals surface area contributed by atoms with Gasteiger partial charge in [0.2, 0.25) is 5.91 Å². The standard InChI is InChI=1S/C14H24N4O2/c1-10(2)18-13(5-6-15-18)16-14(19)9-17-7-11(3)20-12(4)8-17/h5-6,10-12H,7-9H2,1-4H3,(H,16,19)/t11-,12-/m0/s1. The minimum atomic E-state index is -0.00583. The zero-order valence-electron chi connectivity index (χ0n) is 12.7. The molecule has 2 heterocycles. The highest BCUT2D eigenvalue weighted by Gasteiger charge is 2.24. The van der Waals surface area contributed by atoms with Crippen LogP contribution >= 0.6 is 0 Å². The van der Waals surface area contributed by atoms with Crippen molar-refractivity contribution in [2.24, 2.45) is 0 Å². The summed E-state index contributed by atoms with van der Waals surface area (Å²) in [5, 5.41) is 7.14. The van der Waals surface area contributed by atoms with Crippen LogP contribution in [0.25, 0.3) is 0 Å². The van der Waals surface area contributed by atoms with Gasteiger partial charge in [0, 0.05) is 25.2 Å². The monoisotopic (exact) mass is 280 g/mol. The first-order valence-corrected chi connectivity index (χ1v) is 7.17. The first kappa shape index (κ1) is 15.0. The van der Waals surface area contributed by atoms with Crippen molar-refractivity contribution < 1.29 is 9.53 Å². The minimum absolute atomic E-state index is 0.00583. The fraction of sp³-hybridized carbons (Fsp3) is 0.714. The predicted octanol–water partition coefficient (Wildman–Crippen LogP) is 1.51. The summed E-state index contributed by atoms with van der Waals surface area (Å²) in [6, 6.07) is 2.05. The van der Waals surface area contributed by atoms with Gasteiger partial charge in [-0.1, -0.05) is 0 Å². The molecule has 0 spiro atoms. The van der Waals surface area contributed by atoms with Gasteiger partial charge >= 0.3 is 0 Å². The molecule has 1 aromatic rings. The van der Waals surface area contributed by atoms with E-state index in [-0.39, 0.29) is 24.2 Å². The molecule has 0 bridgehead atoms. The van der Waals surface area contributed by atoms with Crippen LogP contribution in [0.4, 0.5) is 5.82 Å². The third kappa shape index (κ3) is 3.80. The lowest BCUT2D eigenvalue weighted by Crippen LogP contribution is -2.48. The smallest absolute Gasteiger partial charge is 0.239 e. The normalized spacial score (nSPS) is 24.1. The van der Waals surface area contributed by atoms with Crippen LogP contribution in [0, 0.1) is 0 Å². The third-order valence-corrected chi connectivity index (χ3v) is 3.29. The highest BCUT2D eigenvalue weighted by molar-refractivity contribution is 5.91. The molecule has 1 saturated heterocycles. The molecular formula is C14H24N4O2. The number of carbonyl (C=O) groups excluding carboxylic acids is 1. The maximum Gasteiger partial charge on any atom is 0.239 e. The van der Waals surface area contributed by atoms with Crippen molar-refractivity contribution in [2.75, 3.05) is 25.0 Å². The number of ether oxygens (including phenoxy) is 1. The molecule has 1 aliphatic heterocycles.